The van der Waals surface area contributed by atoms with E-state index in [0.29, 0.717) is 40.1 Å². The highest BCUT2D eigenvalue weighted by molar-refractivity contribution is 7.71. The number of ether oxygens (including phenoxy) is 2. The molecule has 30 heavy (non-hydrogen) atoms. The van der Waals surface area contributed by atoms with E-state index in [1.54, 1.807) is 25.3 Å². The molecule has 156 valence electrons. The predicted molar refractivity (Wildman–Crippen MR) is 117 cm³/mol. The Balaban J connectivity index is 1.56. The number of para-hydroxylation sites is 1. The molecule has 7 nitrogen and oxygen atoms in total. The molecule has 1 atom stereocenters. The van der Waals surface area contributed by atoms with E-state index in [0.717, 1.165) is 25.0 Å². The van der Waals surface area contributed by atoms with Crippen molar-refractivity contribution in [2.24, 2.45) is 0 Å². The number of amides is 1. The van der Waals surface area contributed by atoms with Gasteiger partial charge in [-0.25, -0.2) is 0 Å². The largest absolute Gasteiger partial charge is 0.496 e. The van der Waals surface area contributed by atoms with Gasteiger partial charge in [0.15, 0.2) is 4.77 Å². The molecule has 8 heteroatoms. The average molecular weight is 426 g/mol. The van der Waals surface area contributed by atoms with Crippen molar-refractivity contribution < 1.29 is 14.3 Å². The molecule has 1 saturated heterocycles. The van der Waals surface area contributed by atoms with Crippen LogP contribution in [0.4, 0.5) is 0 Å². The van der Waals surface area contributed by atoms with Crippen LogP contribution in [0.1, 0.15) is 28.8 Å². The summed E-state index contributed by atoms with van der Waals surface area (Å²) in [4.78, 5) is 28.6. The van der Waals surface area contributed by atoms with E-state index in [2.05, 4.69) is 10.3 Å². The minimum atomic E-state index is -0.245. The summed E-state index contributed by atoms with van der Waals surface area (Å²) in [5.41, 5.74) is 1.69. The Labute approximate surface area is 178 Å². The monoisotopic (exact) mass is 425 g/mol. The molecule has 2 aromatic carbocycles. The number of hydrogen-bond acceptors (Lipinski definition) is 5. The summed E-state index contributed by atoms with van der Waals surface area (Å²) < 4.78 is 12.8. The lowest BCUT2D eigenvalue weighted by molar-refractivity contribution is 0.0950. The third-order valence-electron chi connectivity index (χ3n) is 5.29. The van der Waals surface area contributed by atoms with Gasteiger partial charge in [-0.05, 0) is 49.3 Å². The second-order valence-corrected chi connectivity index (χ2v) is 7.62. The fraction of sp³-hybridized carbons (Fsp3) is 0.318. The molecule has 1 aromatic heterocycles. The Morgan fingerprint density at radius 2 is 2.17 bits per heavy atom. The molecule has 0 saturated carbocycles. The van der Waals surface area contributed by atoms with Gasteiger partial charge in [-0.3, -0.25) is 14.2 Å². The molecule has 1 amide bonds. The molecule has 1 unspecified atom stereocenters. The summed E-state index contributed by atoms with van der Waals surface area (Å²) in [5.74, 6) is 0.470. The second kappa shape index (κ2) is 8.81. The first-order chi connectivity index (χ1) is 14.6. The summed E-state index contributed by atoms with van der Waals surface area (Å²) in [7, 11) is 1.60. The van der Waals surface area contributed by atoms with Gasteiger partial charge in [-0.15, -0.1) is 0 Å². The summed E-state index contributed by atoms with van der Waals surface area (Å²) in [6, 6.07) is 12.5. The predicted octanol–water partition coefficient (Wildman–Crippen LogP) is 3.18. The van der Waals surface area contributed by atoms with Crippen LogP contribution in [0.5, 0.6) is 5.75 Å². The maximum absolute atomic E-state index is 12.9. The first-order valence-corrected chi connectivity index (χ1v) is 10.3. The molecule has 3 aromatic rings. The molecule has 0 aliphatic carbocycles. The van der Waals surface area contributed by atoms with Gasteiger partial charge < -0.3 is 19.8 Å². The molecule has 4 rings (SSSR count). The fourth-order valence-electron chi connectivity index (χ4n) is 3.68. The highest BCUT2D eigenvalue weighted by Gasteiger charge is 2.18. The van der Waals surface area contributed by atoms with Crippen LogP contribution in [0.25, 0.3) is 10.9 Å². The molecule has 0 radical (unpaired) electrons. The number of aromatic amines is 1. The maximum atomic E-state index is 12.9. The van der Waals surface area contributed by atoms with Crippen LogP contribution in [-0.2, 0) is 17.8 Å². The van der Waals surface area contributed by atoms with Crippen LogP contribution in [0.3, 0.4) is 0 Å². The molecular formula is C22H23N3O4S. The number of aromatic nitrogens is 2. The standard InChI is InChI=1S/C22H23N3O4S/c1-28-19-7-3-2-5-15(19)12-23-20(26)14-8-9-17-18(11-14)24-22(30)25(21(17)27)13-16-6-4-10-29-16/h2-3,5,7-9,11,16H,4,6,10,12-13H2,1H3,(H,23,26)(H,24,30). The SMILES string of the molecule is COc1ccccc1CNC(=O)c1ccc2c(=O)n(CC3CCCO3)c(=S)[nH]c2c1. The summed E-state index contributed by atoms with van der Waals surface area (Å²) in [5, 5.41) is 3.37. The Morgan fingerprint density at radius 3 is 2.93 bits per heavy atom. The van der Waals surface area contributed by atoms with Crippen molar-refractivity contribution in [2.45, 2.75) is 32.0 Å². The number of H-pyrrole nitrogens is 1. The first kappa shape index (κ1) is 20.3. The third-order valence-corrected chi connectivity index (χ3v) is 5.61. The number of carbonyl (C=O) groups excluding carboxylic acids is 1. The van der Waals surface area contributed by atoms with E-state index in [-0.39, 0.29) is 17.6 Å². The third kappa shape index (κ3) is 4.15. The maximum Gasteiger partial charge on any atom is 0.262 e. The zero-order valence-corrected chi connectivity index (χ0v) is 17.5. The van der Waals surface area contributed by atoms with Gasteiger partial charge in [-0.1, -0.05) is 18.2 Å². The van der Waals surface area contributed by atoms with Crippen molar-refractivity contribution in [3.8, 4) is 5.75 Å². The van der Waals surface area contributed by atoms with Gasteiger partial charge in [0.1, 0.15) is 5.75 Å². The molecule has 1 fully saturated rings. The topological polar surface area (TPSA) is 85.3 Å². The van der Waals surface area contributed by atoms with Gasteiger partial charge in [0.2, 0.25) is 0 Å². The van der Waals surface area contributed by atoms with E-state index >= 15 is 0 Å². The van der Waals surface area contributed by atoms with Crippen molar-refractivity contribution in [1.82, 2.24) is 14.9 Å². The quantitative estimate of drug-likeness (QED) is 0.593. The van der Waals surface area contributed by atoms with Gasteiger partial charge in [0.25, 0.3) is 11.5 Å². The van der Waals surface area contributed by atoms with Crippen LogP contribution in [0, 0.1) is 4.77 Å². The van der Waals surface area contributed by atoms with Crippen LogP contribution in [0.15, 0.2) is 47.3 Å². The number of hydrogen-bond donors (Lipinski definition) is 2. The van der Waals surface area contributed by atoms with E-state index in [4.69, 9.17) is 21.7 Å². The van der Waals surface area contributed by atoms with E-state index in [1.807, 2.05) is 24.3 Å². The van der Waals surface area contributed by atoms with Gasteiger partial charge in [0.05, 0.1) is 30.7 Å². The molecule has 2 heterocycles. The number of nitrogens with one attached hydrogen (secondary N) is 2. The van der Waals surface area contributed by atoms with Crippen molar-refractivity contribution in [3.05, 3.63) is 68.7 Å². The minimum Gasteiger partial charge on any atom is -0.496 e. The Morgan fingerprint density at radius 1 is 1.33 bits per heavy atom. The van der Waals surface area contributed by atoms with Crippen molar-refractivity contribution in [3.63, 3.8) is 0 Å². The number of rotatable bonds is 6. The fourth-order valence-corrected chi connectivity index (χ4v) is 3.95. The van der Waals surface area contributed by atoms with Crippen LogP contribution < -0.4 is 15.6 Å². The van der Waals surface area contributed by atoms with E-state index in [9.17, 15) is 9.59 Å². The zero-order valence-electron chi connectivity index (χ0n) is 16.6. The summed E-state index contributed by atoms with van der Waals surface area (Å²) >= 11 is 5.39. The number of carbonyl (C=O) groups is 1. The normalized spacial score (nSPS) is 16.0. The van der Waals surface area contributed by atoms with Crippen LogP contribution >= 0.6 is 12.2 Å². The summed E-state index contributed by atoms with van der Waals surface area (Å²) in [6.07, 6.45) is 1.93. The molecular weight excluding hydrogens is 402 g/mol. The minimum absolute atomic E-state index is 0.00952. The number of methoxy groups -OCH3 is 1. The first-order valence-electron chi connectivity index (χ1n) is 9.85. The lowest BCUT2D eigenvalue weighted by Gasteiger charge is -2.13. The van der Waals surface area contributed by atoms with Crippen molar-refractivity contribution >= 4 is 29.0 Å². The van der Waals surface area contributed by atoms with Crippen molar-refractivity contribution in [1.29, 1.82) is 0 Å². The van der Waals surface area contributed by atoms with E-state index < -0.39 is 0 Å². The highest BCUT2D eigenvalue weighted by Crippen LogP contribution is 2.18. The lowest BCUT2D eigenvalue weighted by atomic mass is 10.1. The number of benzene rings is 2. The second-order valence-electron chi connectivity index (χ2n) is 7.24. The number of fused-ring (bicyclic) bond motifs is 1. The average Bonchev–Trinajstić information content (AvgIpc) is 3.28. The lowest BCUT2D eigenvalue weighted by Crippen LogP contribution is -2.28. The number of nitrogens with zero attached hydrogens (tertiary/aromatic N) is 1. The van der Waals surface area contributed by atoms with Gasteiger partial charge >= 0.3 is 0 Å². The Kier molecular flexibility index (Phi) is 5.96. The molecule has 1 aliphatic heterocycles. The summed E-state index contributed by atoms with van der Waals surface area (Å²) in [6.45, 7) is 1.49. The Bertz CT molecular complexity index is 1190. The van der Waals surface area contributed by atoms with Crippen LogP contribution in [-0.4, -0.2) is 35.3 Å². The molecule has 2 N–H and O–H groups in total. The zero-order chi connectivity index (χ0) is 21.1. The smallest absolute Gasteiger partial charge is 0.262 e. The van der Waals surface area contributed by atoms with Crippen LogP contribution in [0.2, 0.25) is 0 Å². The molecule has 0 spiro atoms. The molecule has 0 bridgehead atoms. The van der Waals surface area contributed by atoms with Gasteiger partial charge in [0, 0.05) is 24.3 Å². The van der Waals surface area contributed by atoms with E-state index in [1.165, 1.54) is 4.57 Å². The highest BCUT2D eigenvalue weighted by atomic mass is 32.1. The van der Waals surface area contributed by atoms with Crippen molar-refractivity contribution in [2.75, 3.05) is 13.7 Å². The molecule has 1 aliphatic rings. The Hall–Kier alpha value is -2.97. The van der Waals surface area contributed by atoms with Gasteiger partial charge in [-0.2, -0.15) is 0 Å².